The third-order valence-electron chi connectivity index (χ3n) is 1.48. The molecule has 1 heterocycles. The number of hydrogen-bond donors (Lipinski definition) is 1. The van der Waals surface area contributed by atoms with Crippen LogP contribution in [-0.4, -0.2) is 23.5 Å². The third kappa shape index (κ3) is 2.31. The standard InChI is InChI=1S/C7H9FO3/c8-7(3-1-5-11-7)4-2-6(9)10/h2,4H,1,3,5H2,(H,9,10). The molecule has 0 bridgehead atoms. The molecule has 1 unspecified atom stereocenters. The zero-order chi connectivity index (χ0) is 8.32. The maximum Gasteiger partial charge on any atom is 0.328 e. The Kier molecular flexibility index (Phi) is 2.24. The van der Waals surface area contributed by atoms with Gasteiger partial charge >= 0.3 is 5.97 Å². The molecule has 1 N–H and O–H groups in total. The molecule has 1 fully saturated rings. The van der Waals surface area contributed by atoms with E-state index in [9.17, 15) is 9.18 Å². The minimum absolute atomic E-state index is 0.247. The van der Waals surface area contributed by atoms with Crippen molar-refractivity contribution in [3.05, 3.63) is 12.2 Å². The summed E-state index contributed by atoms with van der Waals surface area (Å²) in [4.78, 5) is 9.99. The number of rotatable bonds is 2. The van der Waals surface area contributed by atoms with Gasteiger partial charge in [0, 0.05) is 12.5 Å². The van der Waals surface area contributed by atoms with Crippen molar-refractivity contribution in [2.45, 2.75) is 18.7 Å². The van der Waals surface area contributed by atoms with Crippen molar-refractivity contribution in [2.24, 2.45) is 0 Å². The fraction of sp³-hybridized carbons (Fsp3) is 0.571. The second-order valence-corrected chi connectivity index (χ2v) is 2.41. The molecule has 11 heavy (non-hydrogen) atoms. The van der Waals surface area contributed by atoms with Gasteiger partial charge in [-0.3, -0.25) is 0 Å². The Morgan fingerprint density at radius 2 is 2.45 bits per heavy atom. The van der Waals surface area contributed by atoms with Gasteiger partial charge in [0.2, 0.25) is 5.85 Å². The van der Waals surface area contributed by atoms with Gasteiger partial charge in [-0.15, -0.1) is 0 Å². The van der Waals surface area contributed by atoms with Gasteiger partial charge in [0.25, 0.3) is 0 Å². The van der Waals surface area contributed by atoms with Gasteiger partial charge in [-0.2, -0.15) is 0 Å². The predicted molar refractivity (Wildman–Crippen MR) is 35.8 cm³/mol. The molecule has 3 nitrogen and oxygen atoms in total. The lowest BCUT2D eigenvalue weighted by Gasteiger charge is -2.11. The van der Waals surface area contributed by atoms with Gasteiger partial charge in [-0.1, -0.05) is 0 Å². The lowest BCUT2D eigenvalue weighted by Crippen LogP contribution is -2.17. The van der Waals surface area contributed by atoms with Crippen LogP contribution < -0.4 is 0 Å². The monoisotopic (exact) mass is 160 g/mol. The lowest BCUT2D eigenvalue weighted by atomic mass is 10.2. The van der Waals surface area contributed by atoms with E-state index in [1.165, 1.54) is 0 Å². The highest BCUT2D eigenvalue weighted by Crippen LogP contribution is 2.28. The molecule has 0 amide bonds. The molecule has 0 aromatic carbocycles. The van der Waals surface area contributed by atoms with E-state index in [1.807, 2.05) is 0 Å². The molecular weight excluding hydrogens is 151 g/mol. The molecular formula is C7H9FO3. The van der Waals surface area contributed by atoms with Gasteiger partial charge in [-0.25, -0.2) is 9.18 Å². The van der Waals surface area contributed by atoms with Crippen LogP contribution in [0.3, 0.4) is 0 Å². The Morgan fingerprint density at radius 3 is 2.91 bits per heavy atom. The van der Waals surface area contributed by atoms with E-state index in [4.69, 9.17) is 5.11 Å². The molecule has 1 atom stereocenters. The first-order valence-electron chi connectivity index (χ1n) is 3.37. The predicted octanol–water partition coefficient (Wildman–Crippen LogP) is 1.10. The number of alkyl halides is 1. The molecule has 4 heteroatoms. The average molecular weight is 160 g/mol. The Morgan fingerprint density at radius 1 is 1.73 bits per heavy atom. The summed E-state index contributed by atoms with van der Waals surface area (Å²) in [5, 5.41) is 8.18. The van der Waals surface area contributed by atoms with Crippen LogP contribution in [0.4, 0.5) is 4.39 Å². The average Bonchev–Trinajstić information content (AvgIpc) is 2.33. The summed E-state index contributed by atoms with van der Waals surface area (Å²) in [5.41, 5.74) is 0. The van der Waals surface area contributed by atoms with Crippen LogP contribution in [0.25, 0.3) is 0 Å². The molecule has 1 aliphatic heterocycles. The quantitative estimate of drug-likeness (QED) is 0.615. The number of halogens is 1. The Bertz CT molecular complexity index is 182. The van der Waals surface area contributed by atoms with Gasteiger partial charge in [0.05, 0.1) is 6.61 Å². The normalized spacial score (nSPS) is 31.4. The molecule has 1 rings (SSSR count). The van der Waals surface area contributed by atoms with Crippen LogP contribution in [0.2, 0.25) is 0 Å². The maximum atomic E-state index is 13.1. The lowest BCUT2D eigenvalue weighted by molar-refractivity contribution is -0.131. The largest absolute Gasteiger partial charge is 0.478 e. The summed E-state index contributed by atoms with van der Waals surface area (Å²) in [6, 6.07) is 0. The van der Waals surface area contributed by atoms with Crippen LogP contribution in [0, 0.1) is 0 Å². The summed E-state index contributed by atoms with van der Waals surface area (Å²) in [6.45, 7) is 0.362. The second-order valence-electron chi connectivity index (χ2n) is 2.41. The van der Waals surface area contributed by atoms with E-state index in [0.717, 1.165) is 12.2 Å². The number of ether oxygens (including phenoxy) is 1. The molecule has 0 saturated carbocycles. The first-order valence-corrected chi connectivity index (χ1v) is 3.37. The van der Waals surface area contributed by atoms with E-state index in [1.54, 1.807) is 0 Å². The summed E-state index contributed by atoms with van der Waals surface area (Å²) in [6.07, 6.45) is 2.60. The van der Waals surface area contributed by atoms with Crippen molar-refractivity contribution in [3.8, 4) is 0 Å². The molecule has 1 saturated heterocycles. The number of hydrogen-bond acceptors (Lipinski definition) is 2. The maximum absolute atomic E-state index is 13.1. The van der Waals surface area contributed by atoms with Crippen LogP contribution in [0.15, 0.2) is 12.2 Å². The molecule has 1 aliphatic rings. The van der Waals surface area contributed by atoms with Crippen molar-refractivity contribution in [1.82, 2.24) is 0 Å². The fourth-order valence-electron chi connectivity index (χ4n) is 0.954. The number of aliphatic carboxylic acids is 1. The van der Waals surface area contributed by atoms with Gasteiger partial charge < -0.3 is 9.84 Å². The third-order valence-corrected chi connectivity index (χ3v) is 1.48. The fourth-order valence-corrected chi connectivity index (χ4v) is 0.954. The van der Waals surface area contributed by atoms with E-state index in [0.29, 0.717) is 13.0 Å². The highest BCUT2D eigenvalue weighted by atomic mass is 19.2. The molecule has 62 valence electrons. The van der Waals surface area contributed by atoms with E-state index >= 15 is 0 Å². The Balaban J connectivity index is 2.52. The first kappa shape index (κ1) is 8.20. The summed E-state index contributed by atoms with van der Waals surface area (Å²) >= 11 is 0. The molecule has 0 aromatic heterocycles. The van der Waals surface area contributed by atoms with E-state index in [-0.39, 0.29) is 6.42 Å². The van der Waals surface area contributed by atoms with Crippen LogP contribution >= 0.6 is 0 Å². The SMILES string of the molecule is O=C(O)C=CC1(F)CCCO1. The van der Waals surface area contributed by atoms with Crippen molar-refractivity contribution < 1.29 is 19.0 Å². The molecule has 0 aromatic rings. The number of carbonyl (C=O) groups is 1. The first-order chi connectivity index (χ1) is 5.12. The van der Waals surface area contributed by atoms with Gasteiger partial charge in [0.1, 0.15) is 0 Å². The zero-order valence-electron chi connectivity index (χ0n) is 5.92. The summed E-state index contributed by atoms with van der Waals surface area (Å²) in [7, 11) is 0. The van der Waals surface area contributed by atoms with Crippen LogP contribution in [-0.2, 0) is 9.53 Å². The van der Waals surface area contributed by atoms with Crippen molar-refractivity contribution in [1.29, 1.82) is 0 Å². The number of carboxylic acids is 1. The van der Waals surface area contributed by atoms with Gasteiger partial charge in [0.15, 0.2) is 0 Å². The van der Waals surface area contributed by atoms with Crippen LogP contribution in [0.5, 0.6) is 0 Å². The minimum Gasteiger partial charge on any atom is -0.478 e. The zero-order valence-corrected chi connectivity index (χ0v) is 5.92. The smallest absolute Gasteiger partial charge is 0.328 e. The van der Waals surface area contributed by atoms with Gasteiger partial charge in [-0.05, 0) is 12.5 Å². The second kappa shape index (κ2) is 3.00. The Labute approximate surface area is 63.5 Å². The Hall–Kier alpha value is -0.900. The molecule has 0 radical (unpaired) electrons. The van der Waals surface area contributed by atoms with E-state index < -0.39 is 11.8 Å². The summed E-state index contributed by atoms with van der Waals surface area (Å²) < 4.78 is 17.8. The highest BCUT2D eigenvalue weighted by Gasteiger charge is 2.31. The topological polar surface area (TPSA) is 46.5 Å². The van der Waals surface area contributed by atoms with E-state index in [2.05, 4.69) is 4.74 Å². The van der Waals surface area contributed by atoms with Crippen molar-refractivity contribution >= 4 is 5.97 Å². The highest BCUT2D eigenvalue weighted by molar-refractivity contribution is 5.79. The number of carboxylic acid groups (broad SMARTS) is 1. The van der Waals surface area contributed by atoms with Crippen molar-refractivity contribution in [3.63, 3.8) is 0 Å². The molecule has 0 aliphatic carbocycles. The molecule has 0 spiro atoms. The summed E-state index contributed by atoms with van der Waals surface area (Å²) in [5.74, 6) is -2.99. The minimum atomic E-state index is -1.83. The van der Waals surface area contributed by atoms with Crippen molar-refractivity contribution in [2.75, 3.05) is 6.61 Å². The van der Waals surface area contributed by atoms with Crippen LogP contribution in [0.1, 0.15) is 12.8 Å².